The lowest BCUT2D eigenvalue weighted by Crippen LogP contribution is -2.58. The SMILES string of the molecule is CC(NC(=O)C(CS)NC(=O)C(N)CCC(N)=O)C(=O)NC(C(=O)O)C(C)O. The Labute approximate surface area is 167 Å². The number of nitrogens with one attached hydrogen (secondary N) is 3. The molecule has 5 atom stereocenters. The molecular weight excluding hydrogens is 394 g/mol. The predicted octanol–water partition coefficient (Wildman–Crippen LogP) is -3.55. The lowest BCUT2D eigenvalue weighted by atomic mass is 10.1. The average molecular weight is 421 g/mol. The first-order valence-electron chi connectivity index (χ1n) is 8.37. The number of amides is 4. The first-order chi connectivity index (χ1) is 12.9. The van der Waals surface area contributed by atoms with Crippen LogP contribution < -0.4 is 27.4 Å². The van der Waals surface area contributed by atoms with E-state index >= 15 is 0 Å². The van der Waals surface area contributed by atoms with E-state index in [4.69, 9.17) is 16.6 Å². The van der Waals surface area contributed by atoms with Crippen molar-refractivity contribution in [2.75, 3.05) is 5.75 Å². The first-order valence-corrected chi connectivity index (χ1v) is 9.00. The molecule has 0 bridgehead atoms. The van der Waals surface area contributed by atoms with E-state index in [9.17, 15) is 29.1 Å². The van der Waals surface area contributed by atoms with Crippen LogP contribution in [0.5, 0.6) is 0 Å². The molecule has 0 rings (SSSR count). The van der Waals surface area contributed by atoms with Gasteiger partial charge in [-0.1, -0.05) is 0 Å². The van der Waals surface area contributed by atoms with Crippen LogP contribution >= 0.6 is 12.6 Å². The number of carbonyl (C=O) groups is 5. The Bertz CT molecular complexity index is 601. The molecule has 12 nitrogen and oxygen atoms in total. The zero-order chi connectivity index (χ0) is 22.0. The third-order valence-corrected chi connectivity index (χ3v) is 4.02. The fraction of sp³-hybridized carbons (Fsp3) is 0.667. The molecule has 0 spiro atoms. The maximum atomic E-state index is 12.2. The average Bonchev–Trinajstić information content (AvgIpc) is 2.60. The van der Waals surface area contributed by atoms with Crippen molar-refractivity contribution >= 4 is 42.2 Å². The Morgan fingerprint density at radius 1 is 1.00 bits per heavy atom. The smallest absolute Gasteiger partial charge is 0.328 e. The standard InChI is InChI=1S/C15H27N5O7S/c1-6(12(23)20-11(7(2)21)15(26)27)18-14(25)9(5-28)19-13(24)8(16)3-4-10(17)22/h6-9,11,21,28H,3-5,16H2,1-2H3,(H2,17,22)(H,18,25)(H,19,24)(H,20,23)(H,26,27). The summed E-state index contributed by atoms with van der Waals surface area (Å²) in [6.07, 6.45) is -1.45. The Balaban J connectivity index is 4.77. The van der Waals surface area contributed by atoms with Crippen LogP contribution in [0.25, 0.3) is 0 Å². The highest BCUT2D eigenvalue weighted by molar-refractivity contribution is 7.80. The van der Waals surface area contributed by atoms with Crippen LogP contribution in [0, 0.1) is 0 Å². The van der Waals surface area contributed by atoms with Crippen LogP contribution in [-0.2, 0) is 24.0 Å². The van der Waals surface area contributed by atoms with E-state index in [0.29, 0.717) is 0 Å². The van der Waals surface area contributed by atoms with Crippen LogP contribution in [0.15, 0.2) is 0 Å². The van der Waals surface area contributed by atoms with Gasteiger partial charge in [-0.2, -0.15) is 12.6 Å². The minimum absolute atomic E-state index is 0.00317. The van der Waals surface area contributed by atoms with Gasteiger partial charge in [0.2, 0.25) is 23.6 Å². The normalized spacial score (nSPS) is 16.0. The summed E-state index contributed by atoms with van der Waals surface area (Å²) in [6.45, 7) is 2.49. The number of rotatable bonds is 12. The molecule has 28 heavy (non-hydrogen) atoms. The quantitative estimate of drug-likeness (QED) is 0.147. The zero-order valence-electron chi connectivity index (χ0n) is 15.5. The molecule has 0 heterocycles. The number of thiol groups is 1. The highest BCUT2D eigenvalue weighted by Gasteiger charge is 2.29. The van der Waals surface area contributed by atoms with Gasteiger partial charge < -0.3 is 37.6 Å². The van der Waals surface area contributed by atoms with E-state index in [1.807, 2.05) is 0 Å². The van der Waals surface area contributed by atoms with Crippen LogP contribution in [0.1, 0.15) is 26.7 Å². The fourth-order valence-electron chi connectivity index (χ4n) is 1.95. The van der Waals surface area contributed by atoms with Crippen LogP contribution in [0.3, 0.4) is 0 Å². The van der Waals surface area contributed by atoms with Gasteiger partial charge in [0.15, 0.2) is 6.04 Å². The van der Waals surface area contributed by atoms with E-state index in [1.54, 1.807) is 0 Å². The van der Waals surface area contributed by atoms with Gasteiger partial charge in [0, 0.05) is 12.2 Å². The summed E-state index contributed by atoms with van der Waals surface area (Å²) in [6, 6.07) is -4.89. The number of aliphatic hydroxyl groups is 1. The largest absolute Gasteiger partial charge is 0.480 e. The summed E-state index contributed by atoms with van der Waals surface area (Å²) in [5.74, 6) is -4.47. The number of carbonyl (C=O) groups excluding carboxylic acids is 4. The summed E-state index contributed by atoms with van der Waals surface area (Å²) in [5.41, 5.74) is 10.6. The van der Waals surface area contributed by atoms with E-state index in [-0.39, 0.29) is 18.6 Å². The van der Waals surface area contributed by atoms with Crippen molar-refractivity contribution in [2.24, 2.45) is 11.5 Å². The summed E-state index contributed by atoms with van der Waals surface area (Å²) < 4.78 is 0. The molecule has 0 aromatic heterocycles. The van der Waals surface area contributed by atoms with Crippen molar-refractivity contribution in [3.8, 4) is 0 Å². The number of aliphatic carboxylic acids is 1. The van der Waals surface area contributed by atoms with Crippen molar-refractivity contribution in [3.63, 3.8) is 0 Å². The first kappa shape index (κ1) is 25.6. The van der Waals surface area contributed by atoms with Crippen molar-refractivity contribution in [1.82, 2.24) is 16.0 Å². The minimum Gasteiger partial charge on any atom is -0.480 e. The van der Waals surface area contributed by atoms with Crippen molar-refractivity contribution in [1.29, 1.82) is 0 Å². The molecule has 0 fully saturated rings. The number of hydrogen-bond acceptors (Lipinski definition) is 8. The number of primary amides is 1. The van der Waals surface area contributed by atoms with Gasteiger partial charge in [0.25, 0.3) is 0 Å². The van der Waals surface area contributed by atoms with E-state index in [0.717, 1.165) is 0 Å². The molecule has 9 N–H and O–H groups in total. The molecule has 0 aliphatic carbocycles. The molecule has 4 amide bonds. The molecular formula is C15H27N5O7S. The molecule has 0 aromatic carbocycles. The molecule has 0 aliphatic heterocycles. The molecule has 5 unspecified atom stereocenters. The Hall–Kier alpha value is -2.38. The zero-order valence-corrected chi connectivity index (χ0v) is 16.4. The molecule has 0 aromatic rings. The minimum atomic E-state index is -1.55. The number of aliphatic hydroxyl groups excluding tert-OH is 1. The maximum Gasteiger partial charge on any atom is 0.328 e. The summed E-state index contributed by atoms with van der Waals surface area (Å²) >= 11 is 3.96. The van der Waals surface area contributed by atoms with Gasteiger partial charge in [-0.05, 0) is 20.3 Å². The lowest BCUT2D eigenvalue weighted by Gasteiger charge is -2.23. The van der Waals surface area contributed by atoms with Gasteiger partial charge in [-0.15, -0.1) is 0 Å². The number of nitrogens with two attached hydrogens (primary N) is 2. The fourth-order valence-corrected chi connectivity index (χ4v) is 2.21. The monoisotopic (exact) mass is 421 g/mol. The summed E-state index contributed by atoms with van der Waals surface area (Å²) in [4.78, 5) is 57.9. The van der Waals surface area contributed by atoms with E-state index in [2.05, 4.69) is 28.6 Å². The van der Waals surface area contributed by atoms with Gasteiger partial charge in [0.1, 0.15) is 12.1 Å². The lowest BCUT2D eigenvalue weighted by molar-refractivity contribution is -0.145. The summed E-state index contributed by atoms with van der Waals surface area (Å²) in [7, 11) is 0. The highest BCUT2D eigenvalue weighted by Crippen LogP contribution is 1.99. The Morgan fingerprint density at radius 2 is 1.57 bits per heavy atom. The third-order valence-electron chi connectivity index (χ3n) is 3.65. The van der Waals surface area contributed by atoms with Crippen molar-refractivity contribution in [3.05, 3.63) is 0 Å². The number of hydrogen-bond donors (Lipinski definition) is 8. The summed E-state index contributed by atoms with van der Waals surface area (Å²) in [5, 5.41) is 25.1. The third kappa shape index (κ3) is 9.01. The molecule has 160 valence electrons. The second-order valence-corrected chi connectivity index (χ2v) is 6.52. The van der Waals surface area contributed by atoms with Gasteiger partial charge in [-0.25, -0.2) is 4.79 Å². The molecule has 0 radical (unpaired) electrons. The van der Waals surface area contributed by atoms with Gasteiger partial charge >= 0.3 is 5.97 Å². The Morgan fingerprint density at radius 3 is 2.00 bits per heavy atom. The maximum absolute atomic E-state index is 12.2. The van der Waals surface area contributed by atoms with Gasteiger partial charge in [-0.3, -0.25) is 19.2 Å². The van der Waals surface area contributed by atoms with E-state index in [1.165, 1.54) is 13.8 Å². The molecule has 13 heteroatoms. The molecule has 0 aliphatic rings. The van der Waals surface area contributed by atoms with Crippen molar-refractivity contribution < 1.29 is 34.2 Å². The number of carboxylic acids is 1. The second kappa shape index (κ2) is 12.2. The van der Waals surface area contributed by atoms with Crippen LogP contribution in [0.4, 0.5) is 0 Å². The van der Waals surface area contributed by atoms with Crippen LogP contribution in [-0.4, -0.2) is 75.8 Å². The Kier molecular flexibility index (Phi) is 11.1. The van der Waals surface area contributed by atoms with Crippen LogP contribution in [0.2, 0.25) is 0 Å². The second-order valence-electron chi connectivity index (χ2n) is 6.15. The van der Waals surface area contributed by atoms with Crippen molar-refractivity contribution in [2.45, 2.75) is 57.0 Å². The topological polar surface area (TPSA) is 214 Å². The number of carboxylic acid groups (broad SMARTS) is 1. The van der Waals surface area contributed by atoms with Gasteiger partial charge in [0.05, 0.1) is 12.1 Å². The predicted molar refractivity (Wildman–Crippen MR) is 101 cm³/mol. The van der Waals surface area contributed by atoms with E-state index < -0.39 is 59.9 Å². The molecule has 0 saturated heterocycles. The highest BCUT2D eigenvalue weighted by atomic mass is 32.1. The molecule has 0 saturated carbocycles.